The second kappa shape index (κ2) is 12.7. The molecule has 0 radical (unpaired) electrons. The van der Waals surface area contributed by atoms with Crippen LogP contribution in [-0.2, 0) is 19.2 Å². The number of rotatable bonds is 9. The maximum atomic E-state index is 13.4. The number of likely N-dealkylation sites (tertiary alicyclic amines) is 1. The first-order valence-electron chi connectivity index (χ1n) is 13.3. The number of carbonyl (C=O) groups excluding carboxylic acids is 4. The van der Waals surface area contributed by atoms with Crippen molar-refractivity contribution in [3.05, 3.63) is 66.0 Å². The van der Waals surface area contributed by atoms with E-state index in [4.69, 9.17) is 0 Å². The lowest BCUT2D eigenvalue weighted by Gasteiger charge is -2.34. The SMILES string of the molecule is CC(=O)NC(C(=O)N[C@H]1CCC[C@@H]2CN(C(=O)CCCC(=O)Nc3ccccc3)C[C@H]21)c1ccc(F)cc1. The summed E-state index contributed by atoms with van der Waals surface area (Å²) in [7, 11) is 0. The van der Waals surface area contributed by atoms with Crippen molar-refractivity contribution >= 4 is 29.3 Å². The van der Waals surface area contributed by atoms with Gasteiger partial charge in [0.2, 0.25) is 23.6 Å². The number of nitrogens with zero attached hydrogens (tertiary/aromatic N) is 1. The maximum Gasteiger partial charge on any atom is 0.247 e. The third kappa shape index (κ3) is 7.18. The van der Waals surface area contributed by atoms with E-state index in [9.17, 15) is 23.6 Å². The maximum absolute atomic E-state index is 13.4. The van der Waals surface area contributed by atoms with E-state index < -0.39 is 11.9 Å². The number of amides is 4. The Morgan fingerprint density at radius 1 is 0.974 bits per heavy atom. The highest BCUT2D eigenvalue weighted by Gasteiger charge is 2.42. The average molecular weight is 523 g/mol. The molecule has 0 aromatic heterocycles. The Morgan fingerprint density at radius 3 is 2.42 bits per heavy atom. The summed E-state index contributed by atoms with van der Waals surface area (Å²) in [6.07, 6.45) is 3.77. The molecule has 0 spiro atoms. The van der Waals surface area contributed by atoms with Crippen molar-refractivity contribution in [1.82, 2.24) is 15.5 Å². The number of carbonyl (C=O) groups is 4. The fourth-order valence-electron chi connectivity index (χ4n) is 5.58. The minimum absolute atomic E-state index is 0.0272. The van der Waals surface area contributed by atoms with Crippen molar-refractivity contribution in [2.24, 2.45) is 11.8 Å². The molecule has 1 heterocycles. The predicted molar refractivity (Wildman–Crippen MR) is 141 cm³/mol. The number of fused-ring (bicyclic) bond motifs is 1. The lowest BCUT2D eigenvalue weighted by Crippen LogP contribution is -2.49. The fourth-order valence-corrected chi connectivity index (χ4v) is 5.58. The predicted octanol–water partition coefficient (Wildman–Crippen LogP) is 3.56. The fraction of sp³-hybridized carbons (Fsp3) is 0.448. The van der Waals surface area contributed by atoms with Gasteiger partial charge in [-0.3, -0.25) is 19.2 Å². The quantitative estimate of drug-likeness (QED) is 0.468. The Kier molecular flexibility index (Phi) is 9.10. The summed E-state index contributed by atoms with van der Waals surface area (Å²) >= 11 is 0. The average Bonchev–Trinajstić information content (AvgIpc) is 3.34. The van der Waals surface area contributed by atoms with Gasteiger partial charge in [0.1, 0.15) is 11.9 Å². The van der Waals surface area contributed by atoms with Crippen LogP contribution < -0.4 is 16.0 Å². The van der Waals surface area contributed by atoms with Crippen molar-refractivity contribution in [1.29, 1.82) is 0 Å². The summed E-state index contributed by atoms with van der Waals surface area (Å²) in [6, 6.07) is 13.7. The van der Waals surface area contributed by atoms with Crippen molar-refractivity contribution in [2.45, 2.75) is 57.5 Å². The summed E-state index contributed by atoms with van der Waals surface area (Å²) < 4.78 is 13.4. The topological polar surface area (TPSA) is 108 Å². The zero-order valence-corrected chi connectivity index (χ0v) is 21.6. The van der Waals surface area contributed by atoms with Gasteiger partial charge in [-0.15, -0.1) is 0 Å². The van der Waals surface area contributed by atoms with Crippen LogP contribution in [0.5, 0.6) is 0 Å². The first-order valence-corrected chi connectivity index (χ1v) is 13.3. The van der Waals surface area contributed by atoms with Gasteiger partial charge in [0.15, 0.2) is 0 Å². The lowest BCUT2D eigenvalue weighted by atomic mass is 9.78. The van der Waals surface area contributed by atoms with Gasteiger partial charge in [0, 0.05) is 50.5 Å². The molecule has 202 valence electrons. The summed E-state index contributed by atoms with van der Waals surface area (Å²) in [5.74, 6) is -0.777. The molecule has 4 amide bonds. The Hall–Kier alpha value is -3.75. The number of hydrogen-bond acceptors (Lipinski definition) is 4. The van der Waals surface area contributed by atoms with Crippen molar-refractivity contribution < 1.29 is 23.6 Å². The summed E-state index contributed by atoms with van der Waals surface area (Å²) in [6.45, 7) is 2.55. The van der Waals surface area contributed by atoms with Gasteiger partial charge in [-0.2, -0.15) is 0 Å². The molecule has 2 fully saturated rings. The Morgan fingerprint density at radius 2 is 1.71 bits per heavy atom. The van der Waals surface area contributed by atoms with Crippen LogP contribution in [0.3, 0.4) is 0 Å². The zero-order valence-electron chi connectivity index (χ0n) is 21.6. The molecule has 1 unspecified atom stereocenters. The van der Waals surface area contributed by atoms with Crippen LogP contribution in [-0.4, -0.2) is 47.7 Å². The molecular formula is C29H35FN4O4. The van der Waals surface area contributed by atoms with Gasteiger partial charge < -0.3 is 20.9 Å². The van der Waals surface area contributed by atoms with Crippen LogP contribution in [0.15, 0.2) is 54.6 Å². The Bertz CT molecular complexity index is 1140. The van der Waals surface area contributed by atoms with E-state index in [1.165, 1.54) is 31.2 Å². The van der Waals surface area contributed by atoms with Crippen molar-refractivity contribution in [3.8, 4) is 0 Å². The van der Waals surface area contributed by atoms with E-state index >= 15 is 0 Å². The molecule has 2 aromatic carbocycles. The third-order valence-electron chi connectivity index (χ3n) is 7.44. The van der Waals surface area contributed by atoms with E-state index in [1.54, 1.807) is 0 Å². The summed E-state index contributed by atoms with van der Waals surface area (Å²) in [5, 5.41) is 8.62. The zero-order chi connectivity index (χ0) is 27.1. The molecule has 1 aliphatic carbocycles. The Labute approximate surface area is 222 Å². The monoisotopic (exact) mass is 522 g/mol. The molecule has 38 heavy (non-hydrogen) atoms. The normalized spacial score (nSPS) is 21.2. The molecule has 1 saturated heterocycles. The highest BCUT2D eigenvalue weighted by molar-refractivity contribution is 5.91. The first kappa shape index (κ1) is 27.3. The van der Waals surface area contributed by atoms with Crippen LogP contribution in [0, 0.1) is 17.7 Å². The van der Waals surface area contributed by atoms with E-state index in [2.05, 4.69) is 16.0 Å². The van der Waals surface area contributed by atoms with Gasteiger partial charge in [-0.1, -0.05) is 36.8 Å². The van der Waals surface area contributed by atoms with Crippen LogP contribution in [0.1, 0.15) is 57.1 Å². The molecule has 1 saturated carbocycles. The first-order chi connectivity index (χ1) is 18.3. The van der Waals surface area contributed by atoms with Crippen LogP contribution in [0.2, 0.25) is 0 Å². The molecular weight excluding hydrogens is 487 g/mol. The third-order valence-corrected chi connectivity index (χ3v) is 7.44. The molecule has 4 rings (SSSR count). The number of nitrogens with one attached hydrogen (secondary N) is 3. The standard InChI is InChI=1S/C29H35FN4O4/c1-19(35)31-28(20-13-15-22(30)16-14-20)29(38)33-25-10-5-7-21-17-34(18-24(21)25)27(37)12-6-11-26(36)32-23-8-3-2-4-9-23/h2-4,8-9,13-16,21,24-25,28H,5-7,10-12,17-18H2,1H3,(H,31,35)(H,32,36)(H,33,38)/t21-,24-,25+,28?/m1/s1. The number of benzene rings is 2. The smallest absolute Gasteiger partial charge is 0.247 e. The van der Waals surface area contributed by atoms with E-state index in [0.717, 1.165) is 24.9 Å². The number of para-hydroxylation sites is 1. The molecule has 0 bridgehead atoms. The van der Waals surface area contributed by atoms with Gasteiger partial charge in [0.25, 0.3) is 0 Å². The molecule has 1 aliphatic heterocycles. The lowest BCUT2D eigenvalue weighted by molar-refractivity contribution is -0.130. The molecule has 2 aliphatic rings. The number of hydrogen-bond donors (Lipinski definition) is 3. The molecule has 4 atom stereocenters. The largest absolute Gasteiger partial charge is 0.351 e. The van der Waals surface area contributed by atoms with Gasteiger partial charge in [-0.05, 0) is 55.0 Å². The second-order valence-corrected chi connectivity index (χ2v) is 10.2. The minimum atomic E-state index is -0.922. The van der Waals surface area contributed by atoms with E-state index in [0.29, 0.717) is 37.4 Å². The highest BCUT2D eigenvalue weighted by Crippen LogP contribution is 2.37. The van der Waals surface area contributed by atoms with Crippen LogP contribution in [0.25, 0.3) is 0 Å². The van der Waals surface area contributed by atoms with Gasteiger partial charge in [-0.25, -0.2) is 4.39 Å². The van der Waals surface area contributed by atoms with E-state index in [1.807, 2.05) is 35.2 Å². The Balaban J connectivity index is 1.30. The second-order valence-electron chi connectivity index (χ2n) is 10.2. The van der Waals surface area contributed by atoms with Crippen LogP contribution >= 0.6 is 0 Å². The summed E-state index contributed by atoms with van der Waals surface area (Å²) in [5.41, 5.74) is 1.24. The van der Waals surface area contributed by atoms with Gasteiger partial charge in [0.05, 0.1) is 0 Å². The van der Waals surface area contributed by atoms with Crippen molar-refractivity contribution in [2.75, 3.05) is 18.4 Å². The van der Waals surface area contributed by atoms with Gasteiger partial charge >= 0.3 is 0 Å². The van der Waals surface area contributed by atoms with Crippen molar-refractivity contribution in [3.63, 3.8) is 0 Å². The summed E-state index contributed by atoms with van der Waals surface area (Å²) in [4.78, 5) is 52.0. The minimum Gasteiger partial charge on any atom is -0.351 e. The molecule has 8 nitrogen and oxygen atoms in total. The van der Waals surface area contributed by atoms with Crippen LogP contribution in [0.4, 0.5) is 10.1 Å². The number of halogens is 1. The highest BCUT2D eigenvalue weighted by atomic mass is 19.1. The van der Waals surface area contributed by atoms with E-state index in [-0.39, 0.29) is 42.0 Å². The number of anilines is 1. The molecule has 9 heteroatoms. The molecule has 3 N–H and O–H groups in total. The molecule has 2 aromatic rings.